The largest absolute Gasteiger partial charge is 0.423 e. The molecule has 0 amide bonds. The molecule has 13 heavy (non-hydrogen) atoms. The van der Waals surface area contributed by atoms with Gasteiger partial charge in [0.2, 0.25) is 0 Å². The Morgan fingerprint density at radius 1 is 1.31 bits per heavy atom. The highest BCUT2D eigenvalue weighted by molar-refractivity contribution is 5.98. The smallest absolute Gasteiger partial charge is 0.146 e. The van der Waals surface area contributed by atoms with Crippen LogP contribution in [0.1, 0.15) is 41.0 Å². The minimum atomic E-state index is 0.0637. The summed E-state index contributed by atoms with van der Waals surface area (Å²) in [6.45, 7) is 13.3. The zero-order valence-electron chi connectivity index (χ0n) is 10.1. The Balaban J connectivity index is 4.04. The molecule has 0 saturated heterocycles. The Hall–Kier alpha value is 0.137. The monoisotopic (exact) mass is 203 g/mol. The van der Waals surface area contributed by atoms with E-state index in [1.165, 1.54) is 0 Å². The summed E-state index contributed by atoms with van der Waals surface area (Å²) in [4.78, 5) is 2.47. The van der Waals surface area contributed by atoms with E-state index < -0.39 is 0 Å². The highest BCUT2D eigenvalue weighted by atomic mass is 28.2. The molecule has 0 aliphatic rings. The predicted molar refractivity (Wildman–Crippen MR) is 62.1 cm³/mol. The van der Waals surface area contributed by atoms with Crippen LogP contribution in [0.3, 0.4) is 0 Å². The van der Waals surface area contributed by atoms with Gasteiger partial charge in [0.25, 0.3) is 0 Å². The Bertz CT molecular complexity index is 135. The summed E-state index contributed by atoms with van der Waals surface area (Å²) in [5.41, 5.74) is 0.0637. The van der Waals surface area contributed by atoms with Crippen molar-refractivity contribution in [1.29, 1.82) is 0 Å². The van der Waals surface area contributed by atoms with Crippen LogP contribution in [-0.2, 0) is 4.43 Å². The van der Waals surface area contributed by atoms with Gasteiger partial charge in [0, 0.05) is 6.04 Å². The lowest BCUT2D eigenvalue weighted by atomic mass is 9.99. The molecule has 0 spiro atoms. The second kappa shape index (κ2) is 5.78. The first-order valence-corrected chi connectivity index (χ1v) is 6.07. The summed E-state index contributed by atoms with van der Waals surface area (Å²) in [5, 5.41) is 0. The van der Waals surface area contributed by atoms with E-state index in [2.05, 4.69) is 39.5 Å². The predicted octanol–water partition coefficient (Wildman–Crippen LogP) is 1.18. The maximum absolute atomic E-state index is 5.56. The zero-order valence-corrected chi connectivity index (χ0v) is 12.1. The molecule has 0 bridgehead atoms. The molecule has 0 N–H and O–H groups in total. The summed E-state index contributed by atoms with van der Waals surface area (Å²) in [7, 11) is 0.833. The van der Waals surface area contributed by atoms with E-state index in [9.17, 15) is 0 Å². The van der Waals surface area contributed by atoms with Crippen molar-refractivity contribution in [2.75, 3.05) is 13.1 Å². The van der Waals surface area contributed by atoms with Crippen LogP contribution in [0.2, 0.25) is 0 Å². The van der Waals surface area contributed by atoms with Crippen LogP contribution in [0.15, 0.2) is 0 Å². The lowest BCUT2D eigenvalue weighted by Gasteiger charge is -2.33. The molecule has 0 rings (SSSR count). The highest BCUT2D eigenvalue weighted by Gasteiger charge is 2.22. The van der Waals surface area contributed by atoms with Gasteiger partial charge in [0.1, 0.15) is 10.5 Å². The van der Waals surface area contributed by atoms with Crippen LogP contribution < -0.4 is 0 Å². The van der Waals surface area contributed by atoms with Gasteiger partial charge in [-0.2, -0.15) is 0 Å². The van der Waals surface area contributed by atoms with E-state index in [4.69, 9.17) is 4.43 Å². The quantitative estimate of drug-likeness (QED) is 0.601. The summed E-state index contributed by atoms with van der Waals surface area (Å²) >= 11 is 0. The second-order valence-corrected chi connectivity index (χ2v) is 4.65. The standard InChI is InChI=1S/C10H25NOSi/c1-6-11(7-2)9(3)8-10(4,5)12-13/h9H,6-8H2,1-5,13H3. The minimum absolute atomic E-state index is 0.0637. The number of rotatable bonds is 6. The molecule has 0 aromatic rings. The molecule has 0 aliphatic heterocycles. The van der Waals surface area contributed by atoms with Crippen LogP contribution in [0.5, 0.6) is 0 Å². The van der Waals surface area contributed by atoms with Gasteiger partial charge in [-0.1, -0.05) is 13.8 Å². The average Bonchev–Trinajstić information content (AvgIpc) is 2.06. The fourth-order valence-corrected chi connectivity index (χ4v) is 1.94. The van der Waals surface area contributed by atoms with Crippen molar-refractivity contribution >= 4 is 10.5 Å². The van der Waals surface area contributed by atoms with Gasteiger partial charge in [-0.3, -0.25) is 0 Å². The van der Waals surface area contributed by atoms with Gasteiger partial charge < -0.3 is 9.33 Å². The van der Waals surface area contributed by atoms with Crippen molar-refractivity contribution in [2.45, 2.75) is 52.7 Å². The fraction of sp³-hybridized carbons (Fsp3) is 1.00. The molecule has 0 fully saturated rings. The van der Waals surface area contributed by atoms with Gasteiger partial charge >= 0.3 is 0 Å². The van der Waals surface area contributed by atoms with Crippen LogP contribution in [0.4, 0.5) is 0 Å². The third-order valence-electron chi connectivity index (χ3n) is 2.78. The number of nitrogens with zero attached hydrogens (tertiary/aromatic N) is 1. The van der Waals surface area contributed by atoms with Crippen molar-refractivity contribution in [2.24, 2.45) is 0 Å². The number of hydrogen-bond acceptors (Lipinski definition) is 2. The summed E-state index contributed by atoms with van der Waals surface area (Å²) in [6.07, 6.45) is 1.12. The Morgan fingerprint density at radius 2 is 1.77 bits per heavy atom. The molecule has 0 radical (unpaired) electrons. The van der Waals surface area contributed by atoms with E-state index in [0.717, 1.165) is 30.0 Å². The van der Waals surface area contributed by atoms with Crippen LogP contribution in [-0.4, -0.2) is 40.1 Å². The van der Waals surface area contributed by atoms with Gasteiger partial charge in [-0.15, -0.1) is 0 Å². The van der Waals surface area contributed by atoms with Crippen molar-refractivity contribution in [3.05, 3.63) is 0 Å². The third kappa shape index (κ3) is 4.79. The fourth-order valence-electron chi connectivity index (χ4n) is 1.77. The van der Waals surface area contributed by atoms with Gasteiger partial charge in [-0.25, -0.2) is 0 Å². The maximum Gasteiger partial charge on any atom is 0.146 e. The van der Waals surface area contributed by atoms with Crippen molar-refractivity contribution < 1.29 is 4.43 Å². The second-order valence-electron chi connectivity index (χ2n) is 4.24. The van der Waals surface area contributed by atoms with E-state index >= 15 is 0 Å². The molecule has 3 heteroatoms. The molecule has 0 saturated carbocycles. The van der Waals surface area contributed by atoms with Crippen LogP contribution in [0.25, 0.3) is 0 Å². The summed E-state index contributed by atoms with van der Waals surface area (Å²) in [5.74, 6) is 0. The Kier molecular flexibility index (Phi) is 5.84. The molecule has 0 aromatic carbocycles. The number of hydrogen-bond donors (Lipinski definition) is 0. The van der Waals surface area contributed by atoms with Crippen LogP contribution in [0, 0.1) is 0 Å². The zero-order chi connectivity index (χ0) is 10.5. The Labute approximate surface area is 86.2 Å². The molecule has 1 atom stereocenters. The van der Waals surface area contributed by atoms with E-state index in [0.29, 0.717) is 6.04 Å². The summed E-state index contributed by atoms with van der Waals surface area (Å²) in [6, 6.07) is 0.624. The van der Waals surface area contributed by atoms with Crippen molar-refractivity contribution in [3.63, 3.8) is 0 Å². The molecule has 2 nitrogen and oxygen atoms in total. The van der Waals surface area contributed by atoms with E-state index in [1.807, 2.05) is 0 Å². The maximum atomic E-state index is 5.56. The van der Waals surface area contributed by atoms with E-state index in [1.54, 1.807) is 0 Å². The minimum Gasteiger partial charge on any atom is -0.423 e. The molecular weight excluding hydrogens is 178 g/mol. The van der Waals surface area contributed by atoms with Gasteiger partial charge in [0.15, 0.2) is 0 Å². The summed E-state index contributed by atoms with van der Waals surface area (Å²) < 4.78 is 5.56. The molecule has 0 heterocycles. The topological polar surface area (TPSA) is 12.5 Å². The van der Waals surface area contributed by atoms with Crippen molar-refractivity contribution in [1.82, 2.24) is 4.90 Å². The normalized spacial score (nSPS) is 15.2. The van der Waals surface area contributed by atoms with E-state index in [-0.39, 0.29) is 5.60 Å². The van der Waals surface area contributed by atoms with Crippen molar-refractivity contribution in [3.8, 4) is 0 Å². The molecule has 0 aromatic heterocycles. The van der Waals surface area contributed by atoms with Gasteiger partial charge in [-0.05, 0) is 40.3 Å². The third-order valence-corrected chi connectivity index (χ3v) is 3.88. The van der Waals surface area contributed by atoms with Gasteiger partial charge in [0.05, 0.1) is 5.60 Å². The molecule has 80 valence electrons. The lowest BCUT2D eigenvalue weighted by Crippen LogP contribution is -2.39. The molecular formula is C10H25NOSi. The molecule has 1 unspecified atom stereocenters. The van der Waals surface area contributed by atoms with Crippen LogP contribution >= 0.6 is 0 Å². The first kappa shape index (κ1) is 13.1. The highest BCUT2D eigenvalue weighted by Crippen LogP contribution is 2.18. The SMILES string of the molecule is CCN(CC)C(C)CC(C)(C)O[SiH3]. The first-order chi connectivity index (χ1) is 5.96. The first-order valence-electron chi connectivity index (χ1n) is 5.26. The average molecular weight is 203 g/mol. The molecule has 0 aliphatic carbocycles. The Morgan fingerprint density at radius 3 is 2.08 bits per heavy atom. The lowest BCUT2D eigenvalue weighted by molar-refractivity contribution is 0.0714.